The highest BCUT2D eigenvalue weighted by Gasteiger charge is 2.44. The van der Waals surface area contributed by atoms with E-state index in [1.165, 1.54) is 10.9 Å². The first kappa shape index (κ1) is 41.2. The van der Waals surface area contributed by atoms with Crippen LogP contribution in [-0.4, -0.2) is 108 Å². The number of anilines is 4. The van der Waals surface area contributed by atoms with Crippen molar-refractivity contribution in [2.24, 2.45) is 0 Å². The molecular weight excluding hydrogens is 807 g/mol. The summed E-state index contributed by atoms with van der Waals surface area (Å²) in [5.41, 5.74) is 4.66. The second-order valence-electron chi connectivity index (χ2n) is 16.2. The van der Waals surface area contributed by atoms with E-state index in [4.69, 9.17) is 9.97 Å². The predicted octanol–water partition coefficient (Wildman–Crippen LogP) is 3.61. The van der Waals surface area contributed by atoms with E-state index in [-0.39, 0.29) is 42.0 Å². The van der Waals surface area contributed by atoms with Crippen LogP contribution in [0, 0.1) is 0 Å². The Hall–Kier alpha value is -7.21. The smallest absolute Gasteiger partial charge is 0.278 e. The van der Waals surface area contributed by atoms with E-state index < -0.39 is 35.8 Å². The fraction of sp³-hybridized carbons (Fsp3) is 0.356. The summed E-state index contributed by atoms with van der Waals surface area (Å²) in [5, 5.41) is 19.6. The summed E-state index contributed by atoms with van der Waals surface area (Å²) < 4.78 is 3.16. The average Bonchev–Trinajstić information content (AvgIpc) is 3.88. The molecule has 2 fully saturated rings. The van der Waals surface area contributed by atoms with Crippen molar-refractivity contribution < 1.29 is 29.1 Å². The Bertz CT molecular complexity index is 2720. The van der Waals surface area contributed by atoms with Gasteiger partial charge in [0.1, 0.15) is 11.4 Å². The Balaban J connectivity index is 0.730. The number of benzene rings is 2. The molecule has 1 aliphatic carbocycles. The van der Waals surface area contributed by atoms with Crippen molar-refractivity contribution in [2.75, 3.05) is 48.3 Å². The molecule has 3 aliphatic heterocycles. The number of nitrogens with one attached hydrogen (secondary N) is 3. The molecule has 0 bridgehead atoms. The molecule has 3 aromatic heterocycles. The topological polar surface area (TPSA) is 217 Å². The van der Waals surface area contributed by atoms with Crippen LogP contribution in [0.15, 0.2) is 78.2 Å². The van der Waals surface area contributed by atoms with Gasteiger partial charge in [0.2, 0.25) is 23.7 Å². The van der Waals surface area contributed by atoms with E-state index in [9.17, 15) is 33.9 Å². The minimum Gasteiger partial charge on any atom is -0.387 e. The highest BCUT2D eigenvalue weighted by molar-refractivity contribution is 6.23. The molecule has 18 heteroatoms. The molecule has 18 nitrogen and oxygen atoms in total. The standard InChI is InChI=1S/C45H47N11O7/c1-2-20-54-42(61)33-26-47-45(51-40(33)56(54)36-17-8-27-7-16-35(57)39(27)49-36)48-28-9-12-30(13-10-28)52-21-23-53(24-22-52)38(59)6-4-3-5-19-46-29-11-14-31-32(25-29)44(63)55(43(31)62)34-15-18-37(58)50-41(34)60/h2,8-14,17,25-26,34-35,46,57H,1,3-7,15-16,18-24H2,(H,47,48,51)(H,50,58,60). The van der Waals surface area contributed by atoms with Gasteiger partial charge >= 0.3 is 0 Å². The molecule has 5 amide bonds. The number of aliphatic hydroxyl groups is 1. The maximum Gasteiger partial charge on any atom is 0.278 e. The van der Waals surface area contributed by atoms with Gasteiger partial charge in [-0.25, -0.2) is 19.3 Å². The number of imide groups is 2. The maximum atomic E-state index is 13.4. The molecule has 6 heterocycles. The second kappa shape index (κ2) is 17.3. The van der Waals surface area contributed by atoms with Crippen LogP contribution in [-0.2, 0) is 27.3 Å². The number of nitrogens with zero attached hydrogens (tertiary/aromatic N) is 8. The number of rotatable bonds is 14. The lowest BCUT2D eigenvalue weighted by atomic mass is 10.0. The number of carbonyl (C=O) groups excluding carboxylic acids is 5. The Labute approximate surface area is 361 Å². The lowest BCUT2D eigenvalue weighted by Gasteiger charge is -2.36. The van der Waals surface area contributed by atoms with Gasteiger partial charge in [-0.2, -0.15) is 4.98 Å². The first-order valence-corrected chi connectivity index (χ1v) is 21.3. The Morgan fingerprint density at radius 3 is 2.43 bits per heavy atom. The molecule has 0 radical (unpaired) electrons. The second-order valence-corrected chi connectivity index (χ2v) is 16.2. The van der Waals surface area contributed by atoms with E-state index in [0.29, 0.717) is 79.7 Å². The van der Waals surface area contributed by atoms with Gasteiger partial charge in [0.05, 0.1) is 29.5 Å². The van der Waals surface area contributed by atoms with Gasteiger partial charge in [0.25, 0.3) is 17.4 Å². The minimum absolute atomic E-state index is 0.0667. The third-order valence-corrected chi connectivity index (χ3v) is 12.2. The lowest BCUT2D eigenvalue weighted by Crippen LogP contribution is -2.54. The number of aliphatic hydroxyl groups excluding tert-OH is 1. The number of aromatic nitrogens is 5. The normalized spacial score (nSPS) is 18.5. The van der Waals surface area contributed by atoms with Crippen molar-refractivity contribution in [3.8, 4) is 5.82 Å². The number of piperidine rings is 1. The van der Waals surface area contributed by atoms with E-state index in [1.807, 2.05) is 41.3 Å². The van der Waals surface area contributed by atoms with Crippen molar-refractivity contribution in [1.82, 2.24) is 39.4 Å². The summed E-state index contributed by atoms with van der Waals surface area (Å²) in [4.78, 5) is 95.5. The number of hydrogen-bond acceptors (Lipinski definition) is 13. The van der Waals surface area contributed by atoms with Crippen LogP contribution >= 0.6 is 0 Å². The minimum atomic E-state index is -1.00. The number of hydrogen-bond donors (Lipinski definition) is 4. The fourth-order valence-electron chi connectivity index (χ4n) is 8.80. The molecule has 63 heavy (non-hydrogen) atoms. The van der Waals surface area contributed by atoms with Crippen LogP contribution in [0.4, 0.5) is 23.0 Å². The Morgan fingerprint density at radius 2 is 1.65 bits per heavy atom. The van der Waals surface area contributed by atoms with Crippen molar-refractivity contribution >= 4 is 63.6 Å². The Morgan fingerprint density at radius 1 is 0.873 bits per heavy atom. The molecule has 4 N–H and O–H groups in total. The summed E-state index contributed by atoms with van der Waals surface area (Å²) in [7, 11) is 0. The third kappa shape index (κ3) is 8.04. The van der Waals surface area contributed by atoms with Crippen LogP contribution in [0.1, 0.15) is 83.0 Å². The zero-order valence-corrected chi connectivity index (χ0v) is 34.6. The summed E-state index contributed by atoms with van der Waals surface area (Å²) in [6.45, 7) is 7.33. The van der Waals surface area contributed by atoms with E-state index in [0.717, 1.165) is 47.5 Å². The molecule has 5 aromatic rings. The molecular formula is C45H47N11O7. The van der Waals surface area contributed by atoms with Gasteiger partial charge in [-0.15, -0.1) is 6.58 Å². The number of allylic oxidation sites excluding steroid dienone is 1. The van der Waals surface area contributed by atoms with Crippen LogP contribution in [0.5, 0.6) is 0 Å². The highest BCUT2D eigenvalue weighted by atomic mass is 16.3. The number of fused-ring (bicyclic) bond motifs is 3. The van der Waals surface area contributed by atoms with Gasteiger partial charge in [0.15, 0.2) is 11.5 Å². The SMILES string of the molecule is C=CCn1c(=O)c2cnc(Nc3ccc(N4CCN(C(=O)CCCCCNc5ccc6c(c5)C(=O)N(C5CCC(=O)NC5=O)C6=O)CC4)cc3)nc2n1-c1ccc2c(n1)C(O)CC2. The van der Waals surface area contributed by atoms with Crippen LogP contribution in [0.2, 0.25) is 0 Å². The van der Waals surface area contributed by atoms with Gasteiger partial charge in [-0.1, -0.05) is 18.6 Å². The van der Waals surface area contributed by atoms with Crippen molar-refractivity contribution in [3.05, 3.63) is 106 Å². The molecule has 2 saturated heterocycles. The predicted molar refractivity (Wildman–Crippen MR) is 233 cm³/mol. The van der Waals surface area contributed by atoms with Crippen molar-refractivity contribution in [3.63, 3.8) is 0 Å². The number of carbonyl (C=O) groups is 5. The van der Waals surface area contributed by atoms with Crippen LogP contribution in [0.25, 0.3) is 16.9 Å². The zero-order chi connectivity index (χ0) is 43.8. The van der Waals surface area contributed by atoms with E-state index in [2.05, 4.69) is 32.4 Å². The summed E-state index contributed by atoms with van der Waals surface area (Å²) in [6.07, 6.45) is 6.88. The first-order valence-electron chi connectivity index (χ1n) is 21.3. The molecule has 4 aliphatic rings. The lowest BCUT2D eigenvalue weighted by molar-refractivity contribution is -0.136. The number of amides is 5. The third-order valence-electron chi connectivity index (χ3n) is 12.2. The number of unbranched alkanes of at least 4 members (excludes halogenated alkanes) is 2. The summed E-state index contributed by atoms with van der Waals surface area (Å²) >= 11 is 0. The fourth-order valence-corrected chi connectivity index (χ4v) is 8.80. The van der Waals surface area contributed by atoms with Gasteiger partial charge in [-0.05, 0) is 86.2 Å². The molecule has 0 spiro atoms. The Kier molecular flexibility index (Phi) is 11.3. The van der Waals surface area contributed by atoms with E-state index >= 15 is 0 Å². The first-order chi connectivity index (χ1) is 30.6. The summed E-state index contributed by atoms with van der Waals surface area (Å²) in [6, 6.07) is 15.6. The zero-order valence-electron chi connectivity index (χ0n) is 34.6. The highest BCUT2D eigenvalue weighted by Crippen LogP contribution is 2.32. The summed E-state index contributed by atoms with van der Waals surface area (Å²) in [5.74, 6) is -1.22. The van der Waals surface area contributed by atoms with Gasteiger partial charge in [0, 0.05) is 68.8 Å². The van der Waals surface area contributed by atoms with E-state index in [1.54, 1.807) is 29.0 Å². The largest absolute Gasteiger partial charge is 0.387 e. The molecule has 2 aromatic carbocycles. The molecule has 324 valence electrons. The molecule has 2 atom stereocenters. The molecule has 2 unspecified atom stereocenters. The molecule has 9 rings (SSSR count). The molecule has 0 saturated carbocycles. The monoisotopic (exact) mass is 853 g/mol. The average molecular weight is 854 g/mol. The van der Waals surface area contributed by atoms with Gasteiger partial charge < -0.3 is 25.5 Å². The van der Waals surface area contributed by atoms with Crippen molar-refractivity contribution in [1.29, 1.82) is 0 Å². The van der Waals surface area contributed by atoms with Gasteiger partial charge in [-0.3, -0.25) is 39.0 Å². The quantitative estimate of drug-likeness (QED) is 0.0715. The number of aryl methyl sites for hydroxylation is 1. The van der Waals surface area contributed by atoms with Crippen LogP contribution in [0.3, 0.4) is 0 Å². The van der Waals surface area contributed by atoms with Crippen LogP contribution < -0.4 is 26.4 Å². The number of piperazine rings is 1. The maximum absolute atomic E-state index is 13.4. The van der Waals surface area contributed by atoms with Crippen molar-refractivity contribution in [2.45, 2.75) is 70.1 Å². The number of pyridine rings is 1.